The highest BCUT2D eigenvalue weighted by atomic mass is 16.6. The van der Waals surface area contributed by atoms with Crippen LogP contribution in [0.2, 0.25) is 0 Å². The van der Waals surface area contributed by atoms with Crippen LogP contribution in [-0.4, -0.2) is 30.9 Å². The highest BCUT2D eigenvalue weighted by molar-refractivity contribution is 5.97. The summed E-state index contributed by atoms with van der Waals surface area (Å²) in [5, 5.41) is 9.15. The number of methoxy groups -OCH3 is 1. The lowest BCUT2D eigenvalue weighted by atomic mass is 10.2. The fraction of sp³-hybridized carbons (Fsp3) is 0.222. The normalized spacial score (nSPS) is 11.1. The third-order valence-corrected chi connectivity index (χ3v) is 3.24. The molecule has 0 saturated carbocycles. The molecule has 0 atom stereocenters. The van der Waals surface area contributed by atoms with Gasteiger partial charge < -0.3 is 14.0 Å². The number of rotatable bonds is 6. The van der Waals surface area contributed by atoms with Crippen molar-refractivity contribution in [1.82, 2.24) is 4.57 Å². The van der Waals surface area contributed by atoms with Gasteiger partial charge in [0.1, 0.15) is 18.2 Å². The van der Waals surface area contributed by atoms with Gasteiger partial charge in [0.25, 0.3) is 0 Å². The summed E-state index contributed by atoms with van der Waals surface area (Å²) >= 11 is 0. The summed E-state index contributed by atoms with van der Waals surface area (Å²) in [5.41, 5.74) is 2.76. The molecule has 5 heteroatoms. The van der Waals surface area contributed by atoms with Crippen LogP contribution in [0.4, 0.5) is 0 Å². The van der Waals surface area contributed by atoms with E-state index in [0.29, 0.717) is 6.61 Å². The number of ether oxygens (including phenoxy) is 2. The van der Waals surface area contributed by atoms with E-state index in [-0.39, 0.29) is 12.2 Å². The molecule has 0 saturated heterocycles. The molecule has 5 nitrogen and oxygen atoms in total. The molecule has 0 amide bonds. The second kappa shape index (κ2) is 7.97. The van der Waals surface area contributed by atoms with Crippen LogP contribution in [0.5, 0.6) is 0 Å². The van der Waals surface area contributed by atoms with Gasteiger partial charge in [-0.15, -0.1) is 0 Å². The van der Waals surface area contributed by atoms with Gasteiger partial charge in [-0.05, 0) is 36.8 Å². The Bertz CT molecular complexity index is 739. The van der Waals surface area contributed by atoms with Crippen molar-refractivity contribution in [2.45, 2.75) is 6.92 Å². The lowest BCUT2D eigenvalue weighted by Gasteiger charge is -2.04. The number of carbonyl (C=O) groups is 1. The van der Waals surface area contributed by atoms with Gasteiger partial charge in [-0.3, -0.25) is 0 Å². The van der Waals surface area contributed by atoms with E-state index in [2.05, 4.69) is 0 Å². The lowest BCUT2D eigenvalue weighted by Crippen LogP contribution is -2.11. The second-order valence-electron chi connectivity index (χ2n) is 4.92. The van der Waals surface area contributed by atoms with Crippen LogP contribution < -0.4 is 0 Å². The first-order valence-electron chi connectivity index (χ1n) is 7.18. The third kappa shape index (κ3) is 4.31. The van der Waals surface area contributed by atoms with E-state index in [1.165, 1.54) is 13.2 Å². The third-order valence-electron chi connectivity index (χ3n) is 3.24. The quantitative estimate of drug-likeness (QED) is 0.356. The average Bonchev–Trinajstić information content (AvgIpc) is 2.94. The van der Waals surface area contributed by atoms with Gasteiger partial charge in [0.15, 0.2) is 0 Å². The zero-order chi connectivity index (χ0) is 16.7. The fourth-order valence-electron chi connectivity index (χ4n) is 2.14. The molecule has 0 aliphatic heterocycles. The monoisotopic (exact) mass is 310 g/mol. The molecule has 118 valence electrons. The Labute approximate surface area is 135 Å². The van der Waals surface area contributed by atoms with E-state index in [0.717, 1.165) is 16.9 Å². The molecule has 0 N–H and O–H groups in total. The topological polar surface area (TPSA) is 64.2 Å². The van der Waals surface area contributed by atoms with Crippen LogP contribution >= 0.6 is 0 Å². The molecular weight excluding hydrogens is 292 g/mol. The Morgan fingerprint density at radius 2 is 2.04 bits per heavy atom. The Morgan fingerprint density at radius 1 is 1.30 bits per heavy atom. The van der Waals surface area contributed by atoms with Crippen molar-refractivity contribution in [3.8, 4) is 11.8 Å². The van der Waals surface area contributed by atoms with Crippen molar-refractivity contribution in [2.75, 3.05) is 20.3 Å². The number of hydrogen-bond acceptors (Lipinski definition) is 4. The summed E-state index contributed by atoms with van der Waals surface area (Å²) in [7, 11) is 1.52. The van der Waals surface area contributed by atoms with Gasteiger partial charge in [-0.2, -0.15) is 5.26 Å². The molecule has 0 aliphatic carbocycles. The molecule has 2 aromatic rings. The summed E-state index contributed by atoms with van der Waals surface area (Å²) in [4.78, 5) is 11.8. The number of carbonyl (C=O) groups excluding carboxylic acids is 1. The average molecular weight is 310 g/mol. The van der Waals surface area contributed by atoms with E-state index in [4.69, 9.17) is 14.7 Å². The molecule has 1 aromatic heterocycles. The van der Waals surface area contributed by atoms with Crippen molar-refractivity contribution < 1.29 is 14.3 Å². The Balaban J connectivity index is 2.21. The molecule has 1 aromatic carbocycles. The summed E-state index contributed by atoms with van der Waals surface area (Å²) in [6.45, 7) is 2.39. The minimum atomic E-state index is -0.644. The van der Waals surface area contributed by atoms with Crippen molar-refractivity contribution in [2.24, 2.45) is 0 Å². The minimum Gasteiger partial charge on any atom is -0.459 e. The number of aryl methyl sites for hydroxylation is 1. The molecule has 0 aliphatic rings. The van der Waals surface area contributed by atoms with Gasteiger partial charge in [-0.1, -0.05) is 18.2 Å². The predicted molar refractivity (Wildman–Crippen MR) is 86.9 cm³/mol. The number of benzene rings is 1. The van der Waals surface area contributed by atoms with Crippen LogP contribution in [0.15, 0.2) is 48.2 Å². The SMILES string of the molecule is COCCOC(=O)/C(C#N)=C\c1cc(C)n(-c2ccccc2)c1. The van der Waals surface area contributed by atoms with Crippen LogP contribution in [-0.2, 0) is 14.3 Å². The molecule has 0 unspecified atom stereocenters. The fourth-order valence-corrected chi connectivity index (χ4v) is 2.14. The van der Waals surface area contributed by atoms with Gasteiger partial charge in [0.2, 0.25) is 0 Å². The highest BCUT2D eigenvalue weighted by Crippen LogP contribution is 2.17. The Morgan fingerprint density at radius 3 is 2.70 bits per heavy atom. The number of nitriles is 1. The maximum absolute atomic E-state index is 11.8. The van der Waals surface area contributed by atoms with E-state index < -0.39 is 5.97 Å². The summed E-state index contributed by atoms with van der Waals surface area (Å²) in [6, 6.07) is 13.6. The molecule has 23 heavy (non-hydrogen) atoms. The van der Waals surface area contributed by atoms with E-state index in [1.807, 2.05) is 60.2 Å². The van der Waals surface area contributed by atoms with E-state index >= 15 is 0 Å². The Kier molecular flexibility index (Phi) is 5.73. The summed E-state index contributed by atoms with van der Waals surface area (Å²) < 4.78 is 11.8. The van der Waals surface area contributed by atoms with Crippen LogP contribution in [0, 0.1) is 18.3 Å². The lowest BCUT2D eigenvalue weighted by molar-refractivity contribution is -0.139. The minimum absolute atomic E-state index is 0.0358. The molecule has 0 fully saturated rings. The van der Waals surface area contributed by atoms with Crippen molar-refractivity contribution >= 4 is 12.0 Å². The van der Waals surface area contributed by atoms with Gasteiger partial charge >= 0.3 is 5.97 Å². The van der Waals surface area contributed by atoms with Crippen LogP contribution in [0.25, 0.3) is 11.8 Å². The second-order valence-corrected chi connectivity index (χ2v) is 4.92. The standard InChI is InChI=1S/C18H18N2O3/c1-14-10-15(13-20(14)17-6-4-3-5-7-17)11-16(12-19)18(21)23-9-8-22-2/h3-7,10-11,13H,8-9H2,1-2H3/b16-11-. The van der Waals surface area contributed by atoms with Crippen molar-refractivity contribution in [3.63, 3.8) is 0 Å². The van der Waals surface area contributed by atoms with Gasteiger partial charge in [-0.25, -0.2) is 4.79 Å². The Hall–Kier alpha value is -2.84. The van der Waals surface area contributed by atoms with Crippen molar-refractivity contribution in [1.29, 1.82) is 5.26 Å². The summed E-state index contributed by atoms with van der Waals surface area (Å²) in [6.07, 6.45) is 3.41. The maximum atomic E-state index is 11.8. The first-order chi connectivity index (χ1) is 11.2. The maximum Gasteiger partial charge on any atom is 0.348 e. The number of hydrogen-bond donors (Lipinski definition) is 0. The molecule has 0 spiro atoms. The van der Waals surface area contributed by atoms with Gasteiger partial charge in [0.05, 0.1) is 6.61 Å². The largest absolute Gasteiger partial charge is 0.459 e. The van der Waals surface area contributed by atoms with Crippen molar-refractivity contribution in [3.05, 3.63) is 59.4 Å². The van der Waals surface area contributed by atoms with E-state index in [1.54, 1.807) is 0 Å². The smallest absolute Gasteiger partial charge is 0.348 e. The zero-order valence-corrected chi connectivity index (χ0v) is 13.2. The van der Waals surface area contributed by atoms with Gasteiger partial charge in [0, 0.05) is 24.7 Å². The molecule has 0 radical (unpaired) electrons. The first kappa shape index (κ1) is 16.5. The number of esters is 1. The molecular formula is C18H18N2O3. The molecule has 1 heterocycles. The molecule has 2 rings (SSSR count). The van der Waals surface area contributed by atoms with E-state index in [9.17, 15) is 4.79 Å². The number of aromatic nitrogens is 1. The van der Waals surface area contributed by atoms with Crippen LogP contribution in [0.1, 0.15) is 11.3 Å². The number of para-hydroxylation sites is 1. The molecule has 0 bridgehead atoms. The van der Waals surface area contributed by atoms with Crippen LogP contribution in [0.3, 0.4) is 0 Å². The number of nitrogens with zero attached hydrogens (tertiary/aromatic N) is 2. The predicted octanol–water partition coefficient (Wildman–Crippen LogP) is 2.88. The zero-order valence-electron chi connectivity index (χ0n) is 13.2. The highest BCUT2D eigenvalue weighted by Gasteiger charge is 2.12. The first-order valence-corrected chi connectivity index (χ1v) is 7.18. The summed E-state index contributed by atoms with van der Waals surface area (Å²) in [5.74, 6) is -0.644.